The lowest BCUT2D eigenvalue weighted by molar-refractivity contribution is 0.0794. The first-order chi connectivity index (χ1) is 9.47. The predicted molar refractivity (Wildman–Crippen MR) is 79.8 cm³/mol. The van der Waals surface area contributed by atoms with Gasteiger partial charge in [0, 0.05) is 24.2 Å². The molecule has 2 heterocycles. The van der Waals surface area contributed by atoms with Gasteiger partial charge < -0.3 is 15.3 Å². The Kier molecular flexibility index (Phi) is 4.99. The second-order valence-electron chi connectivity index (χ2n) is 5.56. The Balaban J connectivity index is 1.84. The van der Waals surface area contributed by atoms with Crippen LogP contribution in [0.5, 0.6) is 0 Å². The molecule has 112 valence electrons. The standard InChI is InChI=1S/C14H23N3O2S/c1-9-8-20-13(15-9)10(2)16-14(19)17-6-4-12(5-7-17)11(3)18/h8,10-12,18H,4-7H2,1-3H3,(H,16,19). The van der Waals surface area contributed by atoms with Crippen LogP contribution in [0.1, 0.15) is 43.4 Å². The van der Waals surface area contributed by atoms with Gasteiger partial charge in [-0.15, -0.1) is 11.3 Å². The minimum atomic E-state index is -0.280. The number of aliphatic hydroxyl groups excluding tert-OH is 1. The first-order valence-corrected chi connectivity index (χ1v) is 8.01. The Hall–Kier alpha value is -1.14. The van der Waals surface area contributed by atoms with Crippen molar-refractivity contribution >= 4 is 17.4 Å². The summed E-state index contributed by atoms with van der Waals surface area (Å²) >= 11 is 1.57. The number of nitrogens with zero attached hydrogens (tertiary/aromatic N) is 2. The summed E-state index contributed by atoms with van der Waals surface area (Å²) < 4.78 is 0. The van der Waals surface area contributed by atoms with Crippen molar-refractivity contribution in [3.63, 3.8) is 0 Å². The number of aryl methyl sites for hydroxylation is 1. The molecule has 2 unspecified atom stereocenters. The highest BCUT2D eigenvalue weighted by Crippen LogP contribution is 2.22. The van der Waals surface area contributed by atoms with Gasteiger partial charge in [-0.3, -0.25) is 0 Å². The quantitative estimate of drug-likeness (QED) is 0.900. The number of likely N-dealkylation sites (tertiary alicyclic amines) is 1. The van der Waals surface area contributed by atoms with Gasteiger partial charge in [-0.05, 0) is 39.5 Å². The average molecular weight is 297 g/mol. The zero-order valence-corrected chi connectivity index (χ0v) is 13.1. The molecule has 1 aromatic rings. The number of rotatable bonds is 3. The summed E-state index contributed by atoms with van der Waals surface area (Å²) in [5, 5.41) is 15.5. The molecule has 0 aliphatic carbocycles. The van der Waals surface area contributed by atoms with Gasteiger partial charge in [-0.1, -0.05) is 0 Å². The first-order valence-electron chi connectivity index (χ1n) is 7.13. The number of carbonyl (C=O) groups excluding carboxylic acids is 1. The molecule has 2 N–H and O–H groups in total. The Morgan fingerprint density at radius 3 is 2.65 bits per heavy atom. The van der Waals surface area contributed by atoms with E-state index in [-0.39, 0.29) is 18.2 Å². The second kappa shape index (κ2) is 6.54. The minimum Gasteiger partial charge on any atom is -0.393 e. The van der Waals surface area contributed by atoms with Crippen molar-refractivity contribution in [2.75, 3.05) is 13.1 Å². The molecule has 1 aliphatic rings. The molecule has 1 aliphatic heterocycles. The lowest BCUT2D eigenvalue weighted by Gasteiger charge is -2.33. The fraction of sp³-hybridized carbons (Fsp3) is 0.714. The third-order valence-electron chi connectivity index (χ3n) is 3.86. The zero-order valence-electron chi connectivity index (χ0n) is 12.3. The summed E-state index contributed by atoms with van der Waals surface area (Å²) in [6.07, 6.45) is 1.46. The maximum absolute atomic E-state index is 12.2. The molecule has 2 amide bonds. The van der Waals surface area contributed by atoms with Crippen molar-refractivity contribution in [1.82, 2.24) is 15.2 Å². The van der Waals surface area contributed by atoms with E-state index in [1.54, 1.807) is 11.3 Å². The van der Waals surface area contributed by atoms with Crippen LogP contribution in [0, 0.1) is 12.8 Å². The van der Waals surface area contributed by atoms with E-state index in [1.807, 2.05) is 31.1 Å². The maximum Gasteiger partial charge on any atom is 0.317 e. The van der Waals surface area contributed by atoms with E-state index >= 15 is 0 Å². The minimum absolute atomic E-state index is 0.0330. The van der Waals surface area contributed by atoms with Gasteiger partial charge in [-0.25, -0.2) is 9.78 Å². The van der Waals surface area contributed by atoms with E-state index < -0.39 is 0 Å². The molecular weight excluding hydrogens is 274 g/mol. The van der Waals surface area contributed by atoms with E-state index in [2.05, 4.69) is 10.3 Å². The number of amides is 2. The van der Waals surface area contributed by atoms with Crippen LogP contribution >= 0.6 is 11.3 Å². The lowest BCUT2D eigenvalue weighted by Crippen LogP contribution is -2.46. The summed E-state index contributed by atoms with van der Waals surface area (Å²) in [5.41, 5.74) is 0.990. The Morgan fingerprint density at radius 1 is 1.50 bits per heavy atom. The Bertz CT molecular complexity index is 453. The van der Waals surface area contributed by atoms with Gasteiger partial charge in [0.15, 0.2) is 0 Å². The molecule has 2 rings (SSSR count). The topological polar surface area (TPSA) is 65.5 Å². The smallest absolute Gasteiger partial charge is 0.317 e. The number of hydrogen-bond acceptors (Lipinski definition) is 4. The Labute approximate surface area is 124 Å². The number of urea groups is 1. The van der Waals surface area contributed by atoms with E-state index in [0.717, 1.165) is 23.5 Å². The number of thiazole rings is 1. The summed E-state index contributed by atoms with van der Waals surface area (Å²) in [6, 6.07) is -0.0925. The van der Waals surface area contributed by atoms with Gasteiger partial charge in [0.05, 0.1) is 12.1 Å². The highest BCUT2D eigenvalue weighted by atomic mass is 32.1. The summed E-state index contributed by atoms with van der Waals surface area (Å²) in [7, 11) is 0. The van der Waals surface area contributed by atoms with Crippen molar-refractivity contribution in [3.05, 3.63) is 16.1 Å². The molecule has 0 saturated carbocycles. The van der Waals surface area contributed by atoms with E-state index in [4.69, 9.17) is 0 Å². The van der Waals surface area contributed by atoms with Crippen molar-refractivity contribution in [1.29, 1.82) is 0 Å². The van der Waals surface area contributed by atoms with Gasteiger partial charge in [0.1, 0.15) is 5.01 Å². The van der Waals surface area contributed by atoms with Gasteiger partial charge in [0.25, 0.3) is 0 Å². The third kappa shape index (κ3) is 3.70. The average Bonchev–Trinajstić information content (AvgIpc) is 2.85. The summed E-state index contributed by atoms with van der Waals surface area (Å²) in [4.78, 5) is 18.4. The molecule has 0 radical (unpaired) electrons. The van der Waals surface area contributed by atoms with E-state index in [0.29, 0.717) is 19.0 Å². The summed E-state index contributed by atoms with van der Waals surface area (Å²) in [6.45, 7) is 7.16. The maximum atomic E-state index is 12.2. The van der Waals surface area contributed by atoms with Crippen LogP contribution in [-0.4, -0.2) is 40.2 Å². The number of aromatic nitrogens is 1. The third-order valence-corrected chi connectivity index (χ3v) is 5.00. The van der Waals surface area contributed by atoms with Crippen LogP contribution in [0.2, 0.25) is 0 Å². The van der Waals surface area contributed by atoms with Crippen molar-refractivity contribution in [2.45, 2.75) is 45.8 Å². The monoisotopic (exact) mass is 297 g/mol. The molecule has 1 fully saturated rings. The molecule has 0 spiro atoms. The van der Waals surface area contributed by atoms with Crippen molar-refractivity contribution in [2.24, 2.45) is 5.92 Å². The SMILES string of the molecule is Cc1csc(C(C)NC(=O)N2CCC(C(C)O)CC2)n1. The molecule has 1 saturated heterocycles. The fourth-order valence-corrected chi connectivity index (χ4v) is 3.30. The predicted octanol–water partition coefficient (Wildman–Crippen LogP) is 2.31. The fourth-order valence-electron chi connectivity index (χ4n) is 2.49. The molecule has 0 aromatic carbocycles. The Morgan fingerprint density at radius 2 is 2.15 bits per heavy atom. The molecule has 0 bridgehead atoms. The lowest BCUT2D eigenvalue weighted by atomic mass is 9.92. The van der Waals surface area contributed by atoms with Crippen molar-refractivity contribution < 1.29 is 9.90 Å². The van der Waals surface area contributed by atoms with Crippen LogP contribution in [0.25, 0.3) is 0 Å². The number of carbonyl (C=O) groups is 1. The molecule has 5 nitrogen and oxygen atoms in total. The number of aliphatic hydroxyl groups is 1. The molecular formula is C14H23N3O2S. The van der Waals surface area contributed by atoms with Gasteiger partial charge >= 0.3 is 6.03 Å². The van der Waals surface area contributed by atoms with Crippen LogP contribution < -0.4 is 5.32 Å². The molecule has 6 heteroatoms. The highest BCUT2D eigenvalue weighted by Gasteiger charge is 2.26. The number of hydrogen-bond donors (Lipinski definition) is 2. The van der Waals surface area contributed by atoms with E-state index in [1.165, 1.54) is 0 Å². The van der Waals surface area contributed by atoms with Crippen molar-refractivity contribution in [3.8, 4) is 0 Å². The largest absolute Gasteiger partial charge is 0.393 e. The molecule has 20 heavy (non-hydrogen) atoms. The number of nitrogens with one attached hydrogen (secondary N) is 1. The van der Waals surface area contributed by atoms with Crippen LogP contribution in [0.15, 0.2) is 5.38 Å². The van der Waals surface area contributed by atoms with Crippen LogP contribution in [0.4, 0.5) is 4.79 Å². The number of piperidine rings is 1. The van der Waals surface area contributed by atoms with Crippen LogP contribution in [0.3, 0.4) is 0 Å². The molecule has 2 atom stereocenters. The highest BCUT2D eigenvalue weighted by molar-refractivity contribution is 7.09. The molecule has 1 aromatic heterocycles. The first kappa shape index (κ1) is 15.3. The second-order valence-corrected chi connectivity index (χ2v) is 6.45. The van der Waals surface area contributed by atoms with E-state index in [9.17, 15) is 9.90 Å². The normalized spacial score (nSPS) is 19.7. The van der Waals surface area contributed by atoms with Gasteiger partial charge in [0.2, 0.25) is 0 Å². The zero-order chi connectivity index (χ0) is 14.7. The summed E-state index contributed by atoms with van der Waals surface area (Å²) in [5.74, 6) is 0.318. The van der Waals surface area contributed by atoms with Gasteiger partial charge in [-0.2, -0.15) is 0 Å². The van der Waals surface area contributed by atoms with Crippen LogP contribution in [-0.2, 0) is 0 Å².